The molecule has 26 heavy (non-hydrogen) atoms. The van der Waals surface area contributed by atoms with Gasteiger partial charge in [-0.1, -0.05) is 49.4 Å². The summed E-state index contributed by atoms with van der Waals surface area (Å²) in [5.41, 5.74) is 5.30. The Kier molecular flexibility index (Phi) is 6.96. The number of hydrogen-bond acceptors (Lipinski definition) is 2. The number of likely N-dealkylation sites (N-methyl/N-ethyl adjacent to an activating group) is 1. The summed E-state index contributed by atoms with van der Waals surface area (Å²) >= 11 is 0. The van der Waals surface area contributed by atoms with Crippen LogP contribution in [0.5, 0.6) is 0 Å². The van der Waals surface area contributed by atoms with E-state index in [1.54, 1.807) is 7.05 Å². The van der Waals surface area contributed by atoms with Gasteiger partial charge < -0.3 is 10.2 Å². The van der Waals surface area contributed by atoms with Crippen molar-refractivity contribution >= 4 is 17.5 Å². The number of amides is 2. The first-order chi connectivity index (χ1) is 12.4. The minimum absolute atomic E-state index is 0.0266. The zero-order valence-electron chi connectivity index (χ0n) is 16.1. The van der Waals surface area contributed by atoms with Crippen LogP contribution in [0.2, 0.25) is 0 Å². The maximum absolute atomic E-state index is 12.3. The van der Waals surface area contributed by atoms with Crippen molar-refractivity contribution in [2.24, 2.45) is 0 Å². The number of aryl methyl sites for hydroxylation is 4. The van der Waals surface area contributed by atoms with Crippen LogP contribution in [0, 0.1) is 13.8 Å². The Hall–Kier alpha value is -2.62. The Bertz CT molecular complexity index is 746. The van der Waals surface area contributed by atoms with Gasteiger partial charge in [-0.2, -0.15) is 0 Å². The highest BCUT2D eigenvalue weighted by Crippen LogP contribution is 2.19. The lowest BCUT2D eigenvalue weighted by Crippen LogP contribution is -2.35. The van der Waals surface area contributed by atoms with Crippen LogP contribution in [-0.2, 0) is 22.4 Å². The summed E-state index contributed by atoms with van der Waals surface area (Å²) in [6.07, 6.45) is 2.10. The van der Waals surface area contributed by atoms with E-state index in [9.17, 15) is 9.59 Å². The number of hydrogen-bond donors (Lipinski definition) is 1. The number of rotatable bonds is 7. The Morgan fingerprint density at radius 1 is 0.962 bits per heavy atom. The van der Waals surface area contributed by atoms with Gasteiger partial charge in [0.05, 0.1) is 6.54 Å². The first kappa shape index (κ1) is 19.7. The van der Waals surface area contributed by atoms with Crippen LogP contribution < -0.4 is 5.32 Å². The van der Waals surface area contributed by atoms with Gasteiger partial charge in [0.1, 0.15) is 0 Å². The monoisotopic (exact) mass is 352 g/mol. The highest BCUT2D eigenvalue weighted by atomic mass is 16.2. The van der Waals surface area contributed by atoms with Crippen LogP contribution in [-0.4, -0.2) is 30.3 Å². The lowest BCUT2D eigenvalue weighted by Gasteiger charge is -2.18. The van der Waals surface area contributed by atoms with Gasteiger partial charge in [0.25, 0.3) is 0 Å². The zero-order chi connectivity index (χ0) is 19.1. The average molecular weight is 352 g/mol. The molecule has 0 atom stereocenters. The normalized spacial score (nSPS) is 10.5. The predicted octanol–water partition coefficient (Wildman–Crippen LogP) is 3.90. The van der Waals surface area contributed by atoms with Crippen molar-refractivity contribution < 1.29 is 9.59 Å². The third-order valence-electron chi connectivity index (χ3n) is 4.61. The highest BCUT2D eigenvalue weighted by Gasteiger charge is 2.14. The second-order valence-electron chi connectivity index (χ2n) is 6.73. The maximum Gasteiger partial charge on any atom is 0.243 e. The van der Waals surface area contributed by atoms with E-state index in [2.05, 4.69) is 36.5 Å². The number of nitrogens with one attached hydrogen (secondary N) is 1. The maximum atomic E-state index is 12.3. The standard InChI is InChI=1S/C22H28N2O2/c1-5-18-9-11-19(12-10-18)13-14-21(26)24(4)15-20(25)23-22-16(2)7-6-8-17(22)3/h6-12H,5,13-15H2,1-4H3,(H,23,25). The van der Waals surface area contributed by atoms with Crippen LogP contribution in [0.1, 0.15) is 35.6 Å². The molecule has 0 aliphatic heterocycles. The predicted molar refractivity (Wildman–Crippen MR) is 106 cm³/mol. The van der Waals surface area contributed by atoms with Crippen LogP contribution in [0.4, 0.5) is 5.69 Å². The van der Waals surface area contributed by atoms with Gasteiger partial charge in [0, 0.05) is 19.2 Å². The largest absolute Gasteiger partial charge is 0.336 e. The van der Waals surface area contributed by atoms with Gasteiger partial charge in [-0.25, -0.2) is 0 Å². The minimum Gasteiger partial charge on any atom is -0.336 e. The fourth-order valence-electron chi connectivity index (χ4n) is 2.88. The fraction of sp³-hybridized carbons (Fsp3) is 0.364. The van der Waals surface area contributed by atoms with Crippen molar-refractivity contribution in [1.82, 2.24) is 4.90 Å². The molecule has 0 heterocycles. The Labute approximate surface area is 156 Å². The molecule has 0 radical (unpaired) electrons. The third-order valence-corrected chi connectivity index (χ3v) is 4.61. The zero-order valence-corrected chi connectivity index (χ0v) is 16.1. The van der Waals surface area contributed by atoms with Crippen molar-refractivity contribution in [3.8, 4) is 0 Å². The van der Waals surface area contributed by atoms with E-state index in [-0.39, 0.29) is 18.4 Å². The molecule has 0 saturated carbocycles. The van der Waals surface area contributed by atoms with Crippen molar-refractivity contribution in [2.75, 3.05) is 18.9 Å². The lowest BCUT2D eigenvalue weighted by atomic mass is 10.1. The number of benzene rings is 2. The summed E-state index contributed by atoms with van der Waals surface area (Å²) in [6.45, 7) is 6.10. The van der Waals surface area contributed by atoms with E-state index in [0.29, 0.717) is 12.8 Å². The molecule has 0 unspecified atom stereocenters. The van der Waals surface area contributed by atoms with Crippen LogP contribution in [0.15, 0.2) is 42.5 Å². The summed E-state index contributed by atoms with van der Waals surface area (Å²) in [6, 6.07) is 14.2. The number of carbonyl (C=O) groups is 2. The molecular weight excluding hydrogens is 324 g/mol. The summed E-state index contributed by atoms with van der Waals surface area (Å²) in [5.74, 6) is -0.202. The molecule has 4 nitrogen and oxygen atoms in total. The molecule has 0 aliphatic rings. The number of carbonyl (C=O) groups excluding carboxylic acids is 2. The molecule has 0 saturated heterocycles. The lowest BCUT2D eigenvalue weighted by molar-refractivity contribution is -0.133. The van der Waals surface area contributed by atoms with Gasteiger partial charge in [-0.15, -0.1) is 0 Å². The highest BCUT2D eigenvalue weighted by molar-refractivity contribution is 5.95. The topological polar surface area (TPSA) is 49.4 Å². The molecular formula is C22H28N2O2. The van der Waals surface area contributed by atoms with Crippen LogP contribution in [0.3, 0.4) is 0 Å². The quantitative estimate of drug-likeness (QED) is 0.822. The van der Waals surface area contributed by atoms with Gasteiger partial charge in [0.2, 0.25) is 11.8 Å². The van der Waals surface area contributed by atoms with Gasteiger partial charge in [0.15, 0.2) is 0 Å². The first-order valence-corrected chi connectivity index (χ1v) is 9.08. The molecule has 0 aliphatic carbocycles. The first-order valence-electron chi connectivity index (χ1n) is 9.08. The molecule has 2 aromatic carbocycles. The number of para-hydroxylation sites is 1. The molecule has 0 spiro atoms. The van der Waals surface area contributed by atoms with Gasteiger partial charge >= 0.3 is 0 Å². The molecule has 4 heteroatoms. The number of nitrogens with zero attached hydrogens (tertiary/aromatic N) is 1. The Morgan fingerprint density at radius 2 is 1.54 bits per heavy atom. The van der Waals surface area contributed by atoms with E-state index in [1.165, 1.54) is 10.5 Å². The van der Waals surface area contributed by atoms with Crippen molar-refractivity contribution in [3.63, 3.8) is 0 Å². The van der Waals surface area contributed by atoms with Crippen molar-refractivity contribution in [3.05, 3.63) is 64.7 Å². The second-order valence-corrected chi connectivity index (χ2v) is 6.73. The van der Waals surface area contributed by atoms with Gasteiger partial charge in [-0.3, -0.25) is 9.59 Å². The molecule has 2 amide bonds. The van der Waals surface area contributed by atoms with E-state index < -0.39 is 0 Å². The van der Waals surface area contributed by atoms with Crippen LogP contribution in [0.25, 0.3) is 0 Å². The summed E-state index contributed by atoms with van der Waals surface area (Å²) < 4.78 is 0. The average Bonchev–Trinajstić information content (AvgIpc) is 2.63. The van der Waals surface area contributed by atoms with Crippen molar-refractivity contribution in [1.29, 1.82) is 0 Å². The molecule has 138 valence electrons. The summed E-state index contributed by atoms with van der Waals surface area (Å²) in [7, 11) is 1.67. The molecule has 0 aromatic heterocycles. The fourth-order valence-corrected chi connectivity index (χ4v) is 2.88. The Balaban J connectivity index is 1.84. The molecule has 1 N–H and O–H groups in total. The van der Waals surface area contributed by atoms with Gasteiger partial charge in [-0.05, 0) is 48.9 Å². The molecule has 2 rings (SSSR count). The van der Waals surface area contributed by atoms with E-state index >= 15 is 0 Å². The minimum atomic E-state index is -0.175. The molecule has 2 aromatic rings. The third kappa shape index (κ3) is 5.45. The molecule has 0 bridgehead atoms. The SMILES string of the molecule is CCc1ccc(CCC(=O)N(C)CC(=O)Nc2c(C)cccc2C)cc1. The summed E-state index contributed by atoms with van der Waals surface area (Å²) in [5, 5.41) is 2.92. The van der Waals surface area contributed by atoms with E-state index in [0.717, 1.165) is 28.8 Å². The number of anilines is 1. The van der Waals surface area contributed by atoms with E-state index in [1.807, 2.05) is 32.0 Å². The van der Waals surface area contributed by atoms with Crippen LogP contribution >= 0.6 is 0 Å². The van der Waals surface area contributed by atoms with E-state index in [4.69, 9.17) is 0 Å². The molecule has 0 fully saturated rings. The smallest absolute Gasteiger partial charge is 0.243 e. The summed E-state index contributed by atoms with van der Waals surface area (Å²) in [4.78, 5) is 26.1. The van der Waals surface area contributed by atoms with Crippen molar-refractivity contribution in [2.45, 2.75) is 40.0 Å². The Morgan fingerprint density at radius 3 is 2.12 bits per heavy atom. The second kappa shape index (κ2) is 9.18.